The monoisotopic (exact) mass is 221 g/mol. The number of nitrogens with one attached hydrogen (secondary N) is 1. The average molecular weight is 222 g/mol. The van der Waals surface area contributed by atoms with Crippen molar-refractivity contribution in [2.24, 2.45) is 0 Å². The van der Waals surface area contributed by atoms with Gasteiger partial charge in [-0.2, -0.15) is 0 Å². The fourth-order valence-electron chi connectivity index (χ4n) is 2.19. The number of rotatable bonds is 0. The SMILES string of the molecule is Cc1c(Cl)ccc2nc3n(c12)CCNC3. The second-order valence-electron chi connectivity index (χ2n) is 3.90. The first-order chi connectivity index (χ1) is 7.27. The molecule has 0 atom stereocenters. The van der Waals surface area contributed by atoms with Crippen molar-refractivity contribution in [2.75, 3.05) is 6.54 Å². The standard InChI is InChI=1S/C11H12ClN3/c1-7-8(12)2-3-9-11(7)15-5-4-13-6-10(15)14-9/h2-3,13H,4-6H2,1H3. The molecule has 0 bridgehead atoms. The quantitative estimate of drug-likeness (QED) is 0.739. The minimum absolute atomic E-state index is 0.823. The van der Waals surface area contributed by atoms with Crippen LogP contribution in [0.15, 0.2) is 12.1 Å². The lowest BCUT2D eigenvalue weighted by Gasteiger charge is -2.16. The molecule has 3 nitrogen and oxygen atoms in total. The van der Waals surface area contributed by atoms with E-state index in [4.69, 9.17) is 11.6 Å². The number of nitrogens with zero attached hydrogens (tertiary/aromatic N) is 2. The maximum atomic E-state index is 6.13. The zero-order valence-corrected chi connectivity index (χ0v) is 9.30. The van der Waals surface area contributed by atoms with Crippen molar-refractivity contribution in [2.45, 2.75) is 20.0 Å². The van der Waals surface area contributed by atoms with Crippen LogP contribution in [0.1, 0.15) is 11.4 Å². The highest BCUT2D eigenvalue weighted by atomic mass is 35.5. The molecule has 2 heterocycles. The smallest absolute Gasteiger partial charge is 0.123 e. The van der Waals surface area contributed by atoms with Crippen LogP contribution in [-0.4, -0.2) is 16.1 Å². The van der Waals surface area contributed by atoms with Gasteiger partial charge in [0.25, 0.3) is 0 Å². The Morgan fingerprint density at radius 3 is 3.20 bits per heavy atom. The summed E-state index contributed by atoms with van der Waals surface area (Å²) in [6.45, 7) is 4.89. The number of fused-ring (bicyclic) bond motifs is 3. The average Bonchev–Trinajstić information content (AvgIpc) is 2.62. The number of halogens is 1. The Morgan fingerprint density at radius 2 is 2.33 bits per heavy atom. The van der Waals surface area contributed by atoms with Crippen LogP contribution in [0.2, 0.25) is 5.02 Å². The Balaban J connectivity index is 2.39. The van der Waals surface area contributed by atoms with Crippen molar-refractivity contribution in [3.63, 3.8) is 0 Å². The third-order valence-corrected chi connectivity index (χ3v) is 3.38. The second kappa shape index (κ2) is 3.22. The van der Waals surface area contributed by atoms with Crippen LogP contribution in [-0.2, 0) is 13.1 Å². The number of aromatic nitrogens is 2. The first-order valence-corrected chi connectivity index (χ1v) is 5.50. The van der Waals surface area contributed by atoms with Crippen molar-refractivity contribution in [1.29, 1.82) is 0 Å². The maximum Gasteiger partial charge on any atom is 0.123 e. The molecule has 1 aromatic carbocycles. The van der Waals surface area contributed by atoms with E-state index < -0.39 is 0 Å². The summed E-state index contributed by atoms with van der Waals surface area (Å²) in [5.74, 6) is 1.11. The van der Waals surface area contributed by atoms with Gasteiger partial charge in [0.1, 0.15) is 5.82 Å². The van der Waals surface area contributed by atoms with Crippen LogP contribution in [0, 0.1) is 6.92 Å². The molecule has 0 saturated carbocycles. The summed E-state index contributed by atoms with van der Waals surface area (Å²) in [5, 5.41) is 4.14. The summed E-state index contributed by atoms with van der Waals surface area (Å²) in [5.41, 5.74) is 3.38. The highest BCUT2D eigenvalue weighted by Crippen LogP contribution is 2.26. The van der Waals surface area contributed by atoms with E-state index in [1.165, 1.54) is 5.52 Å². The van der Waals surface area contributed by atoms with Crippen molar-refractivity contribution in [3.8, 4) is 0 Å². The summed E-state index contributed by atoms with van der Waals surface area (Å²) in [6, 6.07) is 3.92. The summed E-state index contributed by atoms with van der Waals surface area (Å²) in [7, 11) is 0. The fourth-order valence-corrected chi connectivity index (χ4v) is 2.34. The highest BCUT2D eigenvalue weighted by Gasteiger charge is 2.16. The molecule has 1 aliphatic heterocycles. The summed E-state index contributed by atoms with van der Waals surface area (Å²) < 4.78 is 2.27. The normalized spacial score (nSPS) is 15.6. The van der Waals surface area contributed by atoms with E-state index in [1.807, 2.05) is 12.1 Å². The van der Waals surface area contributed by atoms with Gasteiger partial charge in [0.05, 0.1) is 17.6 Å². The molecule has 78 valence electrons. The molecule has 0 saturated heterocycles. The molecule has 0 amide bonds. The van der Waals surface area contributed by atoms with Gasteiger partial charge in [-0.15, -0.1) is 0 Å². The Kier molecular flexibility index (Phi) is 1.97. The predicted octanol–water partition coefficient (Wildman–Crippen LogP) is 2.10. The van der Waals surface area contributed by atoms with E-state index in [-0.39, 0.29) is 0 Å². The molecule has 15 heavy (non-hydrogen) atoms. The molecular formula is C11H12ClN3. The number of aryl methyl sites for hydroxylation is 1. The van der Waals surface area contributed by atoms with Crippen LogP contribution < -0.4 is 5.32 Å². The summed E-state index contributed by atoms with van der Waals surface area (Å²) in [6.07, 6.45) is 0. The van der Waals surface area contributed by atoms with Crippen molar-refractivity contribution < 1.29 is 0 Å². The minimum Gasteiger partial charge on any atom is -0.325 e. The second-order valence-corrected chi connectivity index (χ2v) is 4.30. The molecule has 4 heteroatoms. The van der Waals surface area contributed by atoms with Crippen LogP contribution in [0.4, 0.5) is 0 Å². The van der Waals surface area contributed by atoms with Gasteiger partial charge in [-0.25, -0.2) is 4.98 Å². The van der Waals surface area contributed by atoms with E-state index in [0.717, 1.165) is 41.6 Å². The lowest BCUT2D eigenvalue weighted by atomic mass is 10.2. The Hall–Kier alpha value is -1.06. The molecule has 2 aromatic rings. The van der Waals surface area contributed by atoms with Gasteiger partial charge < -0.3 is 9.88 Å². The number of benzene rings is 1. The molecule has 1 aliphatic rings. The minimum atomic E-state index is 0.823. The lowest BCUT2D eigenvalue weighted by molar-refractivity contribution is 0.514. The molecule has 0 spiro atoms. The van der Waals surface area contributed by atoms with Gasteiger partial charge in [-0.1, -0.05) is 11.6 Å². The van der Waals surface area contributed by atoms with Gasteiger partial charge in [-0.3, -0.25) is 0 Å². The van der Waals surface area contributed by atoms with Gasteiger partial charge in [0.2, 0.25) is 0 Å². The predicted molar refractivity (Wildman–Crippen MR) is 61.2 cm³/mol. The maximum absolute atomic E-state index is 6.13. The van der Waals surface area contributed by atoms with Gasteiger partial charge in [-0.05, 0) is 24.6 Å². The molecule has 0 radical (unpaired) electrons. The molecule has 0 unspecified atom stereocenters. The Labute approximate surface area is 93.1 Å². The Morgan fingerprint density at radius 1 is 1.47 bits per heavy atom. The van der Waals surface area contributed by atoms with Crippen LogP contribution >= 0.6 is 11.6 Å². The first-order valence-electron chi connectivity index (χ1n) is 5.12. The van der Waals surface area contributed by atoms with Crippen molar-refractivity contribution >= 4 is 22.6 Å². The zero-order chi connectivity index (χ0) is 10.4. The van der Waals surface area contributed by atoms with E-state index >= 15 is 0 Å². The Bertz CT molecular complexity index is 530. The molecule has 1 N–H and O–H groups in total. The van der Waals surface area contributed by atoms with Crippen LogP contribution in [0.25, 0.3) is 11.0 Å². The number of hydrogen-bond donors (Lipinski definition) is 1. The topological polar surface area (TPSA) is 29.9 Å². The highest BCUT2D eigenvalue weighted by molar-refractivity contribution is 6.32. The third kappa shape index (κ3) is 1.27. The van der Waals surface area contributed by atoms with Gasteiger partial charge in [0.15, 0.2) is 0 Å². The van der Waals surface area contributed by atoms with Gasteiger partial charge >= 0.3 is 0 Å². The summed E-state index contributed by atoms with van der Waals surface area (Å²) >= 11 is 6.13. The molecule has 3 rings (SSSR count). The van der Waals surface area contributed by atoms with E-state index in [9.17, 15) is 0 Å². The number of hydrogen-bond acceptors (Lipinski definition) is 2. The first kappa shape index (κ1) is 9.19. The molecule has 1 aromatic heterocycles. The third-order valence-electron chi connectivity index (χ3n) is 2.97. The largest absolute Gasteiger partial charge is 0.325 e. The van der Waals surface area contributed by atoms with E-state index in [1.54, 1.807) is 0 Å². The molecule has 0 fully saturated rings. The molecular weight excluding hydrogens is 210 g/mol. The summed E-state index contributed by atoms with van der Waals surface area (Å²) in [4.78, 5) is 4.60. The zero-order valence-electron chi connectivity index (χ0n) is 8.55. The van der Waals surface area contributed by atoms with Crippen LogP contribution in [0.3, 0.4) is 0 Å². The lowest BCUT2D eigenvalue weighted by Crippen LogP contribution is -2.28. The van der Waals surface area contributed by atoms with Gasteiger partial charge in [0, 0.05) is 18.1 Å². The van der Waals surface area contributed by atoms with Crippen LogP contribution in [0.5, 0.6) is 0 Å². The fraction of sp³-hybridized carbons (Fsp3) is 0.364. The molecule has 0 aliphatic carbocycles. The van der Waals surface area contributed by atoms with Crippen molar-refractivity contribution in [3.05, 3.63) is 28.5 Å². The van der Waals surface area contributed by atoms with E-state index in [2.05, 4.69) is 21.8 Å². The van der Waals surface area contributed by atoms with E-state index in [0.29, 0.717) is 0 Å². The number of imidazole rings is 1. The van der Waals surface area contributed by atoms with Crippen molar-refractivity contribution in [1.82, 2.24) is 14.9 Å².